The third kappa shape index (κ3) is 4.07. The third-order valence-electron chi connectivity index (χ3n) is 3.47. The van der Waals surface area contributed by atoms with Gasteiger partial charge >= 0.3 is 6.03 Å². The fraction of sp³-hybridized carbons (Fsp3) is 0.500. The van der Waals surface area contributed by atoms with Gasteiger partial charge in [-0.05, 0) is 38.2 Å². The molecule has 1 heterocycles. The van der Waals surface area contributed by atoms with E-state index in [4.69, 9.17) is 4.74 Å². The van der Waals surface area contributed by atoms with Gasteiger partial charge in [0, 0.05) is 24.4 Å². The summed E-state index contributed by atoms with van der Waals surface area (Å²) in [4.78, 5) is 11.9. The Hall–Kier alpha value is -1.34. The minimum absolute atomic E-state index is 0.0580. The van der Waals surface area contributed by atoms with Crippen LogP contribution < -0.4 is 10.6 Å². The maximum absolute atomic E-state index is 13.6. The van der Waals surface area contributed by atoms with Crippen LogP contribution in [0.15, 0.2) is 17.0 Å². The number of halogens is 2. The lowest BCUT2D eigenvalue weighted by molar-refractivity contribution is 0.0500. The Morgan fingerprint density at radius 1 is 1.29 bits per heavy atom. The van der Waals surface area contributed by atoms with E-state index in [0.29, 0.717) is 26.1 Å². The quantitative estimate of drug-likeness (QED) is 0.841. The summed E-state index contributed by atoms with van der Waals surface area (Å²) in [6, 6.07) is 1.75. The molecule has 0 bridgehead atoms. The molecule has 1 aromatic carbocycles. The van der Waals surface area contributed by atoms with Crippen LogP contribution in [0.5, 0.6) is 0 Å². The Kier molecular flexibility index (Phi) is 5.05. The first-order valence-corrected chi connectivity index (χ1v) is 7.86. The van der Waals surface area contributed by atoms with Crippen LogP contribution in [0.2, 0.25) is 0 Å². The van der Waals surface area contributed by atoms with Gasteiger partial charge in [-0.2, -0.15) is 0 Å². The molecular weight excluding hydrogens is 298 g/mol. The first kappa shape index (κ1) is 16.0. The van der Waals surface area contributed by atoms with E-state index in [1.807, 2.05) is 6.92 Å². The van der Waals surface area contributed by atoms with Gasteiger partial charge in [-0.15, -0.1) is 11.8 Å². The minimum atomic E-state index is -0.685. The van der Waals surface area contributed by atoms with Crippen molar-refractivity contribution < 1.29 is 18.3 Å². The van der Waals surface area contributed by atoms with Crippen molar-refractivity contribution in [2.24, 2.45) is 0 Å². The molecule has 2 N–H and O–H groups in total. The van der Waals surface area contributed by atoms with Crippen LogP contribution in [0.4, 0.5) is 19.3 Å². The zero-order valence-electron chi connectivity index (χ0n) is 12.0. The Bertz CT molecular complexity index is 511. The summed E-state index contributed by atoms with van der Waals surface area (Å²) in [5.41, 5.74) is -0.269. The normalized spacial score (nSPS) is 17.3. The van der Waals surface area contributed by atoms with Crippen molar-refractivity contribution in [1.82, 2.24) is 5.32 Å². The lowest BCUT2D eigenvalue weighted by Crippen LogP contribution is -2.51. The Balaban J connectivity index is 2.02. The summed E-state index contributed by atoms with van der Waals surface area (Å²) in [7, 11) is 0. The molecule has 0 saturated carbocycles. The lowest BCUT2D eigenvalue weighted by atomic mass is 9.93. The minimum Gasteiger partial charge on any atom is -0.381 e. The second-order valence-corrected chi connectivity index (χ2v) is 6.04. The molecule has 7 heteroatoms. The van der Waals surface area contributed by atoms with Crippen molar-refractivity contribution in [3.63, 3.8) is 0 Å². The van der Waals surface area contributed by atoms with E-state index in [1.165, 1.54) is 0 Å². The van der Waals surface area contributed by atoms with Gasteiger partial charge in [0.05, 0.1) is 4.90 Å². The van der Waals surface area contributed by atoms with Crippen LogP contribution in [0.3, 0.4) is 0 Å². The van der Waals surface area contributed by atoms with Gasteiger partial charge in [-0.1, -0.05) is 0 Å². The van der Waals surface area contributed by atoms with Gasteiger partial charge in [0.2, 0.25) is 0 Å². The highest BCUT2D eigenvalue weighted by molar-refractivity contribution is 7.98. The van der Waals surface area contributed by atoms with Crippen molar-refractivity contribution in [2.75, 3.05) is 24.8 Å². The Morgan fingerprint density at radius 2 is 1.86 bits per heavy atom. The second kappa shape index (κ2) is 6.62. The molecule has 1 aliphatic rings. The Morgan fingerprint density at radius 3 is 2.38 bits per heavy atom. The lowest BCUT2D eigenvalue weighted by Gasteiger charge is -2.34. The van der Waals surface area contributed by atoms with E-state index in [-0.39, 0.29) is 16.1 Å². The number of carbonyl (C=O) groups is 1. The molecule has 2 rings (SSSR count). The molecular formula is C14H18F2N2O2S. The average Bonchev–Trinajstić information content (AvgIpc) is 2.38. The van der Waals surface area contributed by atoms with Gasteiger partial charge < -0.3 is 15.4 Å². The van der Waals surface area contributed by atoms with E-state index in [9.17, 15) is 13.6 Å². The first-order chi connectivity index (χ1) is 9.93. The molecule has 2 amide bonds. The number of nitrogens with one attached hydrogen (secondary N) is 2. The first-order valence-electron chi connectivity index (χ1n) is 6.63. The summed E-state index contributed by atoms with van der Waals surface area (Å²) in [6.45, 7) is 3.10. The van der Waals surface area contributed by atoms with Crippen LogP contribution in [0.25, 0.3) is 0 Å². The molecule has 1 aromatic rings. The van der Waals surface area contributed by atoms with Gasteiger partial charge in [0.1, 0.15) is 11.6 Å². The predicted molar refractivity (Wildman–Crippen MR) is 78.8 cm³/mol. The summed E-state index contributed by atoms with van der Waals surface area (Å²) in [5.74, 6) is -1.37. The summed E-state index contributed by atoms with van der Waals surface area (Å²) < 4.78 is 32.5. The molecule has 1 aliphatic heterocycles. The average molecular weight is 316 g/mol. The van der Waals surface area contributed by atoms with Crippen LogP contribution in [-0.2, 0) is 4.74 Å². The molecule has 1 fully saturated rings. The Labute approximate surface area is 126 Å². The topological polar surface area (TPSA) is 50.4 Å². The van der Waals surface area contributed by atoms with Gasteiger partial charge in [0.25, 0.3) is 0 Å². The van der Waals surface area contributed by atoms with Crippen molar-refractivity contribution >= 4 is 23.5 Å². The van der Waals surface area contributed by atoms with Crippen LogP contribution in [0.1, 0.15) is 19.8 Å². The number of rotatable bonds is 3. The highest BCUT2D eigenvalue weighted by atomic mass is 32.2. The third-order valence-corrected chi connectivity index (χ3v) is 4.27. The molecule has 4 nitrogen and oxygen atoms in total. The fourth-order valence-corrected chi connectivity index (χ4v) is 2.72. The highest BCUT2D eigenvalue weighted by Gasteiger charge is 2.29. The van der Waals surface area contributed by atoms with Gasteiger partial charge in [0.15, 0.2) is 0 Å². The van der Waals surface area contributed by atoms with E-state index >= 15 is 0 Å². The van der Waals surface area contributed by atoms with Crippen molar-refractivity contribution in [1.29, 1.82) is 0 Å². The highest BCUT2D eigenvalue weighted by Crippen LogP contribution is 2.26. The smallest absolute Gasteiger partial charge is 0.319 e. The molecule has 0 spiro atoms. The molecule has 116 valence electrons. The molecule has 0 unspecified atom stereocenters. The molecule has 0 atom stereocenters. The number of hydrogen-bond donors (Lipinski definition) is 2. The second-order valence-electron chi connectivity index (χ2n) is 5.23. The standard InChI is InChI=1S/C14H18F2N2O2S/c1-14(3-5-20-6-4-14)18-13(19)17-9-7-10(15)12(21-2)11(16)8-9/h7-8H,3-6H2,1-2H3,(H2,17,18,19). The van der Waals surface area contributed by atoms with E-state index in [1.54, 1.807) is 6.26 Å². The van der Waals surface area contributed by atoms with Crippen molar-refractivity contribution in [3.8, 4) is 0 Å². The number of urea groups is 1. The number of thioether (sulfide) groups is 1. The monoisotopic (exact) mass is 316 g/mol. The largest absolute Gasteiger partial charge is 0.381 e. The molecule has 1 saturated heterocycles. The predicted octanol–water partition coefficient (Wildman–Crippen LogP) is 3.38. The zero-order valence-corrected chi connectivity index (χ0v) is 12.8. The van der Waals surface area contributed by atoms with Gasteiger partial charge in [-0.3, -0.25) is 0 Å². The van der Waals surface area contributed by atoms with Crippen molar-refractivity contribution in [3.05, 3.63) is 23.8 Å². The number of hydrogen-bond acceptors (Lipinski definition) is 3. The molecule has 0 radical (unpaired) electrons. The number of ether oxygens (including phenoxy) is 1. The number of anilines is 1. The van der Waals surface area contributed by atoms with E-state index in [2.05, 4.69) is 10.6 Å². The SMILES string of the molecule is CSc1c(F)cc(NC(=O)NC2(C)CCOCC2)cc1F. The van der Waals surface area contributed by atoms with E-state index < -0.39 is 17.7 Å². The number of carbonyl (C=O) groups excluding carboxylic acids is 1. The summed E-state index contributed by atoms with van der Waals surface area (Å²) in [6.07, 6.45) is 3.00. The van der Waals surface area contributed by atoms with Crippen LogP contribution in [-0.4, -0.2) is 31.0 Å². The molecule has 0 aromatic heterocycles. The zero-order chi connectivity index (χ0) is 15.5. The number of amides is 2. The molecule has 21 heavy (non-hydrogen) atoms. The summed E-state index contributed by atoms with van der Waals surface area (Å²) >= 11 is 0.985. The van der Waals surface area contributed by atoms with Gasteiger partial charge in [-0.25, -0.2) is 13.6 Å². The summed E-state index contributed by atoms with van der Waals surface area (Å²) in [5, 5.41) is 5.30. The molecule has 0 aliphatic carbocycles. The van der Waals surface area contributed by atoms with E-state index in [0.717, 1.165) is 23.9 Å². The fourth-order valence-electron chi connectivity index (χ4n) is 2.21. The van der Waals surface area contributed by atoms with Crippen LogP contribution >= 0.6 is 11.8 Å². The van der Waals surface area contributed by atoms with Crippen molar-refractivity contribution in [2.45, 2.75) is 30.2 Å². The maximum Gasteiger partial charge on any atom is 0.319 e. The maximum atomic E-state index is 13.6. The van der Waals surface area contributed by atoms with Crippen LogP contribution in [0, 0.1) is 11.6 Å². The number of benzene rings is 1.